The molecule has 0 aliphatic carbocycles. The van der Waals surface area contributed by atoms with Gasteiger partial charge in [0.2, 0.25) is 11.8 Å². The number of amides is 2. The van der Waals surface area contributed by atoms with E-state index in [9.17, 15) is 9.59 Å². The molecule has 28 heavy (non-hydrogen) atoms. The summed E-state index contributed by atoms with van der Waals surface area (Å²) in [5.74, 6) is 0.0910. The Morgan fingerprint density at radius 2 is 1.82 bits per heavy atom. The van der Waals surface area contributed by atoms with Crippen molar-refractivity contribution < 1.29 is 9.59 Å². The lowest BCUT2D eigenvalue weighted by Crippen LogP contribution is -2.18. The molecule has 0 aliphatic rings. The number of anilines is 2. The molecule has 0 aliphatic heterocycles. The molecule has 0 bridgehead atoms. The number of thioether (sulfide) groups is 1. The molecule has 3 rings (SSSR count). The fourth-order valence-electron chi connectivity index (χ4n) is 2.42. The number of benzene rings is 2. The number of hydrogen-bond donors (Lipinski definition) is 2. The van der Waals surface area contributed by atoms with Crippen LogP contribution in [0.25, 0.3) is 11.3 Å². The number of carbonyl (C=O) groups is 2. The SMILES string of the molecule is Cc1cccc(NC(=O)CSCC(=O)Nc2nc(-c3cccc(Br)c3)cs2)c1. The standard InChI is InChI=1S/C20H18BrN3O2S2/c1-13-4-2-7-16(8-13)22-18(25)11-27-12-19(26)24-20-23-17(10-28-20)14-5-3-6-15(21)9-14/h2-10H,11-12H2,1H3,(H,22,25)(H,23,24,26). The Hall–Kier alpha value is -2.16. The van der Waals surface area contributed by atoms with Crippen LogP contribution in [0.4, 0.5) is 10.8 Å². The minimum Gasteiger partial charge on any atom is -0.325 e. The third-order valence-electron chi connectivity index (χ3n) is 3.64. The zero-order chi connectivity index (χ0) is 19.9. The topological polar surface area (TPSA) is 71.1 Å². The van der Waals surface area contributed by atoms with Gasteiger partial charge < -0.3 is 10.6 Å². The highest BCUT2D eigenvalue weighted by atomic mass is 79.9. The molecule has 3 aromatic rings. The number of halogens is 1. The van der Waals surface area contributed by atoms with E-state index in [0.29, 0.717) is 5.13 Å². The van der Waals surface area contributed by atoms with Crippen molar-refractivity contribution in [3.63, 3.8) is 0 Å². The average Bonchev–Trinajstić information content (AvgIpc) is 3.10. The largest absolute Gasteiger partial charge is 0.325 e. The van der Waals surface area contributed by atoms with E-state index in [1.54, 1.807) is 0 Å². The molecule has 0 saturated carbocycles. The van der Waals surface area contributed by atoms with Gasteiger partial charge in [-0.1, -0.05) is 40.2 Å². The van der Waals surface area contributed by atoms with E-state index < -0.39 is 0 Å². The van der Waals surface area contributed by atoms with E-state index >= 15 is 0 Å². The molecule has 2 amide bonds. The lowest BCUT2D eigenvalue weighted by molar-refractivity contribution is -0.114. The first kappa shape index (κ1) is 20.6. The first-order valence-electron chi connectivity index (χ1n) is 8.45. The number of nitrogens with one attached hydrogen (secondary N) is 2. The molecule has 8 heteroatoms. The van der Waals surface area contributed by atoms with Crippen molar-refractivity contribution in [1.82, 2.24) is 4.98 Å². The third-order valence-corrected chi connectivity index (χ3v) is 5.82. The third kappa shape index (κ3) is 6.19. The Labute approximate surface area is 180 Å². The lowest BCUT2D eigenvalue weighted by Gasteiger charge is -2.06. The second kappa shape index (κ2) is 9.86. The summed E-state index contributed by atoms with van der Waals surface area (Å²) in [7, 11) is 0. The molecule has 144 valence electrons. The fourth-order valence-corrected chi connectivity index (χ4v) is 4.18. The summed E-state index contributed by atoms with van der Waals surface area (Å²) in [6, 6.07) is 15.4. The van der Waals surface area contributed by atoms with Gasteiger partial charge in [0.05, 0.1) is 17.2 Å². The minimum atomic E-state index is -0.177. The Balaban J connectivity index is 1.44. The van der Waals surface area contributed by atoms with E-state index in [2.05, 4.69) is 31.5 Å². The van der Waals surface area contributed by atoms with Gasteiger partial charge in [-0.2, -0.15) is 0 Å². The molecule has 1 aromatic heterocycles. The van der Waals surface area contributed by atoms with Crippen LogP contribution in [-0.2, 0) is 9.59 Å². The van der Waals surface area contributed by atoms with Gasteiger partial charge in [-0.05, 0) is 36.8 Å². The zero-order valence-electron chi connectivity index (χ0n) is 15.1. The van der Waals surface area contributed by atoms with Crippen LogP contribution in [0.2, 0.25) is 0 Å². The summed E-state index contributed by atoms with van der Waals surface area (Å²) in [6.07, 6.45) is 0. The van der Waals surface area contributed by atoms with Crippen LogP contribution >= 0.6 is 39.0 Å². The fraction of sp³-hybridized carbons (Fsp3) is 0.150. The predicted molar refractivity (Wildman–Crippen MR) is 121 cm³/mol. The van der Waals surface area contributed by atoms with Gasteiger partial charge in [0.25, 0.3) is 0 Å². The molecule has 2 N–H and O–H groups in total. The highest BCUT2D eigenvalue weighted by Crippen LogP contribution is 2.27. The van der Waals surface area contributed by atoms with E-state index in [0.717, 1.165) is 27.0 Å². The van der Waals surface area contributed by atoms with Crippen LogP contribution in [0.15, 0.2) is 58.4 Å². The molecule has 0 atom stereocenters. The summed E-state index contributed by atoms with van der Waals surface area (Å²) < 4.78 is 0.976. The van der Waals surface area contributed by atoms with Gasteiger partial charge in [0.15, 0.2) is 5.13 Å². The van der Waals surface area contributed by atoms with Crippen LogP contribution in [0, 0.1) is 6.92 Å². The smallest absolute Gasteiger partial charge is 0.236 e. The van der Waals surface area contributed by atoms with Crippen molar-refractivity contribution >= 4 is 61.7 Å². The number of hydrogen-bond acceptors (Lipinski definition) is 5. The highest BCUT2D eigenvalue weighted by Gasteiger charge is 2.10. The van der Waals surface area contributed by atoms with E-state index in [4.69, 9.17) is 0 Å². The van der Waals surface area contributed by atoms with Crippen LogP contribution in [0.3, 0.4) is 0 Å². The van der Waals surface area contributed by atoms with Gasteiger partial charge in [-0.15, -0.1) is 23.1 Å². The van der Waals surface area contributed by atoms with E-state index in [-0.39, 0.29) is 23.3 Å². The zero-order valence-corrected chi connectivity index (χ0v) is 18.3. The van der Waals surface area contributed by atoms with Gasteiger partial charge >= 0.3 is 0 Å². The predicted octanol–water partition coefficient (Wildman–Crippen LogP) is 5.19. The molecule has 0 unspecified atom stereocenters. The number of nitrogens with zero attached hydrogens (tertiary/aromatic N) is 1. The van der Waals surface area contributed by atoms with Crippen LogP contribution in [0.1, 0.15) is 5.56 Å². The average molecular weight is 476 g/mol. The summed E-state index contributed by atoms with van der Waals surface area (Å²) in [4.78, 5) is 28.5. The van der Waals surface area contributed by atoms with Crippen molar-refractivity contribution in [2.24, 2.45) is 0 Å². The van der Waals surface area contributed by atoms with Crippen LogP contribution < -0.4 is 10.6 Å². The second-order valence-electron chi connectivity index (χ2n) is 6.01. The maximum atomic E-state index is 12.1. The first-order valence-corrected chi connectivity index (χ1v) is 11.3. The van der Waals surface area contributed by atoms with E-state index in [1.165, 1.54) is 23.1 Å². The lowest BCUT2D eigenvalue weighted by atomic mass is 10.2. The maximum Gasteiger partial charge on any atom is 0.236 e. The van der Waals surface area contributed by atoms with Crippen LogP contribution in [-0.4, -0.2) is 28.3 Å². The minimum absolute atomic E-state index is 0.130. The molecule has 0 radical (unpaired) electrons. The number of aryl methyl sites for hydroxylation is 1. The number of carbonyl (C=O) groups excluding carboxylic acids is 2. The van der Waals surface area contributed by atoms with Gasteiger partial charge in [0.1, 0.15) is 0 Å². The summed E-state index contributed by atoms with van der Waals surface area (Å²) >= 11 is 6.08. The van der Waals surface area contributed by atoms with E-state index in [1.807, 2.05) is 60.8 Å². The Bertz CT molecular complexity index is 991. The summed E-state index contributed by atoms with van der Waals surface area (Å²) in [5.41, 5.74) is 3.63. The molecule has 0 saturated heterocycles. The van der Waals surface area contributed by atoms with Gasteiger partial charge in [0, 0.05) is 21.1 Å². The van der Waals surface area contributed by atoms with Crippen LogP contribution in [0.5, 0.6) is 0 Å². The van der Waals surface area contributed by atoms with Crippen molar-refractivity contribution in [3.8, 4) is 11.3 Å². The number of rotatable bonds is 7. The van der Waals surface area contributed by atoms with Crippen molar-refractivity contribution in [2.75, 3.05) is 22.1 Å². The Kier molecular flexibility index (Phi) is 7.24. The monoisotopic (exact) mass is 475 g/mol. The van der Waals surface area contributed by atoms with Crippen molar-refractivity contribution in [3.05, 3.63) is 63.9 Å². The molecular formula is C20H18BrN3O2S2. The molecule has 2 aromatic carbocycles. The second-order valence-corrected chi connectivity index (χ2v) is 8.77. The molecule has 0 fully saturated rings. The van der Waals surface area contributed by atoms with Gasteiger partial charge in [-0.25, -0.2) is 4.98 Å². The normalized spacial score (nSPS) is 10.5. The first-order chi connectivity index (χ1) is 13.5. The maximum absolute atomic E-state index is 12.1. The summed E-state index contributed by atoms with van der Waals surface area (Å²) in [5, 5.41) is 8.06. The molecule has 1 heterocycles. The number of thiazole rings is 1. The molecular weight excluding hydrogens is 458 g/mol. The quantitative estimate of drug-likeness (QED) is 0.492. The summed E-state index contributed by atoms with van der Waals surface area (Å²) in [6.45, 7) is 1.97. The Morgan fingerprint density at radius 1 is 1.07 bits per heavy atom. The van der Waals surface area contributed by atoms with Crippen molar-refractivity contribution in [2.45, 2.75) is 6.92 Å². The van der Waals surface area contributed by atoms with Gasteiger partial charge in [-0.3, -0.25) is 9.59 Å². The highest BCUT2D eigenvalue weighted by molar-refractivity contribution is 9.10. The van der Waals surface area contributed by atoms with Crippen molar-refractivity contribution in [1.29, 1.82) is 0 Å². The Morgan fingerprint density at radius 3 is 2.57 bits per heavy atom. The molecule has 5 nitrogen and oxygen atoms in total. The molecule has 0 spiro atoms. The number of aromatic nitrogens is 1.